The van der Waals surface area contributed by atoms with Crippen molar-refractivity contribution in [3.63, 3.8) is 0 Å². The van der Waals surface area contributed by atoms with Crippen molar-refractivity contribution in [2.24, 2.45) is 5.73 Å². The van der Waals surface area contributed by atoms with Gasteiger partial charge in [0, 0.05) is 38.4 Å². The standard InChI is InChI=1S/C24H18BrClFN3O4/c1-34-22(32)20-21(28)30(16-8-6-12(26)10-14(16)27)17-3-2-4-18(31)19(17)24(20)13-9-11(25)5-7-15(13)29-23(24)33/h5-10H,2-4,28H2,1H3,(H,29,33). The number of carbonyl (C=O) groups excluding carboxylic acids is 3. The molecule has 0 radical (unpaired) electrons. The van der Waals surface area contributed by atoms with Crippen molar-refractivity contribution in [2.45, 2.75) is 24.7 Å². The van der Waals surface area contributed by atoms with Crippen molar-refractivity contribution in [1.29, 1.82) is 0 Å². The number of esters is 1. The lowest BCUT2D eigenvalue weighted by molar-refractivity contribution is -0.138. The summed E-state index contributed by atoms with van der Waals surface area (Å²) in [6, 6.07) is 9.10. The zero-order chi connectivity index (χ0) is 24.4. The first-order valence-corrected chi connectivity index (χ1v) is 11.6. The molecule has 2 aliphatic heterocycles. The highest BCUT2D eigenvalue weighted by Gasteiger charge is 2.62. The van der Waals surface area contributed by atoms with Crippen LogP contribution >= 0.6 is 27.5 Å². The topological polar surface area (TPSA) is 102 Å². The highest BCUT2D eigenvalue weighted by Crippen LogP contribution is 2.56. The molecule has 1 spiro atoms. The Morgan fingerprint density at radius 3 is 2.71 bits per heavy atom. The van der Waals surface area contributed by atoms with Crippen molar-refractivity contribution in [3.8, 4) is 0 Å². The number of hydrogen-bond acceptors (Lipinski definition) is 6. The third-order valence-electron chi connectivity index (χ3n) is 6.42. The van der Waals surface area contributed by atoms with Gasteiger partial charge in [-0.05, 0) is 49.2 Å². The molecule has 10 heteroatoms. The number of amides is 1. The second kappa shape index (κ2) is 7.95. The van der Waals surface area contributed by atoms with E-state index in [9.17, 15) is 14.4 Å². The van der Waals surface area contributed by atoms with Gasteiger partial charge >= 0.3 is 5.97 Å². The highest BCUT2D eigenvalue weighted by molar-refractivity contribution is 9.10. The third kappa shape index (κ3) is 2.96. The molecule has 7 nitrogen and oxygen atoms in total. The van der Waals surface area contributed by atoms with Crippen molar-refractivity contribution >= 4 is 56.6 Å². The van der Waals surface area contributed by atoms with Gasteiger partial charge in [-0.3, -0.25) is 14.5 Å². The number of fused-ring (bicyclic) bond motifs is 3. The molecule has 2 aromatic carbocycles. The summed E-state index contributed by atoms with van der Waals surface area (Å²) in [5.74, 6) is -2.70. The van der Waals surface area contributed by atoms with E-state index in [1.165, 1.54) is 17.0 Å². The molecule has 174 valence electrons. The van der Waals surface area contributed by atoms with Gasteiger partial charge in [0.15, 0.2) is 5.78 Å². The molecule has 1 amide bonds. The Balaban J connectivity index is 1.93. The van der Waals surface area contributed by atoms with Crippen molar-refractivity contribution in [2.75, 3.05) is 17.3 Å². The maximum Gasteiger partial charge on any atom is 0.339 e. The van der Waals surface area contributed by atoms with Crippen LogP contribution in [0.2, 0.25) is 5.02 Å². The first-order chi connectivity index (χ1) is 16.2. The predicted molar refractivity (Wildman–Crippen MR) is 127 cm³/mol. The highest BCUT2D eigenvalue weighted by atomic mass is 79.9. The van der Waals surface area contributed by atoms with Crippen molar-refractivity contribution in [1.82, 2.24) is 0 Å². The van der Waals surface area contributed by atoms with Gasteiger partial charge in [-0.15, -0.1) is 0 Å². The minimum atomic E-state index is -1.83. The van der Waals surface area contributed by atoms with E-state index in [2.05, 4.69) is 21.2 Å². The molecule has 3 aliphatic rings. The lowest BCUT2D eigenvalue weighted by atomic mass is 9.63. The lowest BCUT2D eigenvalue weighted by Gasteiger charge is -2.44. The van der Waals surface area contributed by atoms with Crippen LogP contribution in [0.15, 0.2) is 63.5 Å². The summed E-state index contributed by atoms with van der Waals surface area (Å²) in [6.07, 6.45) is 0.992. The van der Waals surface area contributed by atoms with E-state index in [1.54, 1.807) is 18.2 Å². The predicted octanol–water partition coefficient (Wildman–Crippen LogP) is 4.30. The number of ketones is 1. The average Bonchev–Trinajstić information content (AvgIpc) is 3.06. The number of Topliss-reactive ketones (excluding diaryl/α,β-unsaturated/α-hetero) is 1. The molecule has 3 N–H and O–H groups in total. The molecular weight excluding hydrogens is 529 g/mol. The summed E-state index contributed by atoms with van der Waals surface area (Å²) in [4.78, 5) is 41.8. The van der Waals surface area contributed by atoms with E-state index in [0.717, 1.165) is 13.2 Å². The fraction of sp³-hybridized carbons (Fsp3) is 0.208. The minimum absolute atomic E-state index is 0.00761. The van der Waals surface area contributed by atoms with E-state index in [4.69, 9.17) is 22.1 Å². The second-order valence-electron chi connectivity index (χ2n) is 8.18. The lowest BCUT2D eigenvalue weighted by Crippen LogP contribution is -2.53. The molecule has 1 atom stereocenters. The monoisotopic (exact) mass is 545 g/mol. The molecule has 0 fully saturated rings. The quantitative estimate of drug-likeness (QED) is 0.545. The third-order valence-corrected chi connectivity index (χ3v) is 7.14. The summed E-state index contributed by atoms with van der Waals surface area (Å²) >= 11 is 9.36. The number of carbonyl (C=O) groups is 3. The maximum absolute atomic E-state index is 15.1. The van der Waals surface area contributed by atoms with Gasteiger partial charge in [0.05, 0.1) is 12.8 Å². The zero-order valence-corrected chi connectivity index (χ0v) is 20.2. The molecule has 1 aliphatic carbocycles. The van der Waals surface area contributed by atoms with Gasteiger partial charge in [-0.2, -0.15) is 0 Å². The van der Waals surface area contributed by atoms with Gasteiger partial charge in [0.25, 0.3) is 0 Å². The molecule has 2 heterocycles. The molecule has 0 saturated heterocycles. The summed E-state index contributed by atoms with van der Waals surface area (Å²) in [7, 11) is 1.16. The van der Waals surface area contributed by atoms with Crippen LogP contribution in [0.4, 0.5) is 15.8 Å². The maximum atomic E-state index is 15.1. The zero-order valence-electron chi connectivity index (χ0n) is 17.9. The molecule has 0 aromatic heterocycles. The van der Waals surface area contributed by atoms with Gasteiger partial charge in [-0.1, -0.05) is 27.5 Å². The van der Waals surface area contributed by atoms with Crippen LogP contribution in [-0.4, -0.2) is 24.8 Å². The fourth-order valence-corrected chi connectivity index (χ4v) is 5.64. The fourth-order valence-electron chi connectivity index (χ4n) is 5.12. The van der Waals surface area contributed by atoms with E-state index in [-0.39, 0.29) is 39.9 Å². The number of anilines is 2. The average molecular weight is 547 g/mol. The van der Waals surface area contributed by atoms with Gasteiger partial charge in [0.1, 0.15) is 22.6 Å². The van der Waals surface area contributed by atoms with Crippen LogP contribution in [0.3, 0.4) is 0 Å². The number of nitrogens with one attached hydrogen (secondary N) is 1. The summed E-state index contributed by atoms with van der Waals surface area (Å²) in [5, 5.41) is 2.96. The second-order valence-corrected chi connectivity index (χ2v) is 9.53. The number of halogens is 3. The minimum Gasteiger partial charge on any atom is -0.466 e. The molecular formula is C24H18BrClFN3O4. The number of hydrogen-bond donors (Lipinski definition) is 2. The number of methoxy groups -OCH3 is 1. The van der Waals surface area contributed by atoms with Crippen LogP contribution in [0.5, 0.6) is 0 Å². The Hall–Kier alpha value is -3.17. The van der Waals surface area contributed by atoms with E-state index in [1.807, 2.05) is 0 Å². The first kappa shape index (κ1) is 22.6. The van der Waals surface area contributed by atoms with Crippen LogP contribution in [0.25, 0.3) is 0 Å². The number of ether oxygens (including phenoxy) is 1. The Morgan fingerprint density at radius 1 is 1.24 bits per heavy atom. The number of rotatable bonds is 2. The molecule has 0 bridgehead atoms. The molecule has 0 saturated carbocycles. The first-order valence-electron chi connectivity index (χ1n) is 10.4. The van der Waals surface area contributed by atoms with Gasteiger partial charge < -0.3 is 15.8 Å². The molecule has 1 unspecified atom stereocenters. The van der Waals surface area contributed by atoms with Gasteiger partial charge in [0.2, 0.25) is 5.91 Å². The van der Waals surface area contributed by atoms with Crippen LogP contribution in [0.1, 0.15) is 24.8 Å². The molecule has 2 aromatic rings. The van der Waals surface area contributed by atoms with E-state index in [0.29, 0.717) is 34.3 Å². The Morgan fingerprint density at radius 2 is 2.00 bits per heavy atom. The van der Waals surface area contributed by atoms with Crippen molar-refractivity contribution < 1.29 is 23.5 Å². The molecule has 34 heavy (non-hydrogen) atoms. The summed E-state index contributed by atoms with van der Waals surface area (Å²) < 4.78 is 20.8. The Kier molecular flexibility index (Phi) is 5.29. The molecule has 5 rings (SSSR count). The number of nitrogens with two attached hydrogens (primary N) is 1. The normalized spacial score (nSPS) is 21.6. The number of benzene rings is 2. The van der Waals surface area contributed by atoms with Crippen LogP contribution < -0.4 is 16.0 Å². The van der Waals surface area contributed by atoms with Gasteiger partial charge in [-0.25, -0.2) is 9.18 Å². The van der Waals surface area contributed by atoms with Crippen LogP contribution in [0, 0.1) is 5.82 Å². The smallest absolute Gasteiger partial charge is 0.339 e. The van der Waals surface area contributed by atoms with Crippen LogP contribution in [-0.2, 0) is 24.5 Å². The largest absolute Gasteiger partial charge is 0.466 e. The van der Waals surface area contributed by atoms with E-state index >= 15 is 4.39 Å². The number of allylic oxidation sites excluding steroid dienone is 1. The SMILES string of the molecule is COC(=O)C1=C(N)N(c2ccc(Cl)cc2F)C2=C(C(=O)CCC2)C12C(=O)Nc1ccc(Br)cc12. The summed E-state index contributed by atoms with van der Waals surface area (Å²) in [5.41, 5.74) is 5.81. The number of nitrogens with zero attached hydrogens (tertiary/aromatic N) is 1. The summed E-state index contributed by atoms with van der Waals surface area (Å²) in [6.45, 7) is 0. The Labute approximate surface area is 207 Å². The Bertz CT molecular complexity index is 1370. The van der Waals surface area contributed by atoms with Crippen molar-refractivity contribution in [3.05, 3.63) is 79.9 Å². The van der Waals surface area contributed by atoms with E-state index < -0.39 is 23.1 Å².